The first-order chi connectivity index (χ1) is 13.1. The highest BCUT2D eigenvalue weighted by Gasteiger charge is 2.07. The van der Waals surface area contributed by atoms with Crippen LogP contribution in [-0.4, -0.2) is 37.6 Å². The van der Waals surface area contributed by atoms with Crippen LogP contribution in [0.4, 0.5) is 0 Å². The Labute approximate surface area is 163 Å². The van der Waals surface area contributed by atoms with Gasteiger partial charge in [-0.05, 0) is 24.1 Å². The van der Waals surface area contributed by atoms with Gasteiger partial charge in [-0.3, -0.25) is 9.48 Å². The summed E-state index contributed by atoms with van der Waals surface area (Å²) in [4.78, 5) is 10.5. The van der Waals surface area contributed by atoms with Crippen molar-refractivity contribution in [1.29, 1.82) is 0 Å². The summed E-state index contributed by atoms with van der Waals surface area (Å²) in [6.07, 6.45) is 5.27. The molecule has 0 aliphatic carbocycles. The third-order valence-electron chi connectivity index (χ3n) is 4.35. The molecule has 0 atom stereocenters. The molecule has 0 saturated carbocycles. The van der Waals surface area contributed by atoms with Crippen molar-refractivity contribution in [3.05, 3.63) is 60.3 Å². The predicted molar refractivity (Wildman–Crippen MR) is 111 cm³/mol. The van der Waals surface area contributed by atoms with Gasteiger partial charge in [0.15, 0.2) is 0 Å². The standard InChI is InChI=1S/C21H23N3O2S/c1-16(10-13-27-14-11-21(25)26)9-12-24-15-20(22-23-24)19-8-4-6-17-5-2-3-7-18(17)19/h2-8,10,15H,9,11-14H2,1H3,(H,25,26)/b16-10+. The minimum absolute atomic E-state index is 0.216. The fraction of sp³-hybridized carbons (Fsp3) is 0.286. The fourth-order valence-corrected chi connectivity index (χ4v) is 3.70. The lowest BCUT2D eigenvalue weighted by Gasteiger charge is -2.03. The zero-order valence-corrected chi connectivity index (χ0v) is 16.2. The van der Waals surface area contributed by atoms with Crippen molar-refractivity contribution >= 4 is 28.5 Å². The Morgan fingerprint density at radius 3 is 2.85 bits per heavy atom. The molecule has 0 fully saturated rings. The zero-order chi connectivity index (χ0) is 19.1. The molecular formula is C21H23N3O2S. The second kappa shape index (κ2) is 9.37. The first-order valence-electron chi connectivity index (χ1n) is 8.97. The van der Waals surface area contributed by atoms with E-state index in [1.165, 1.54) is 16.3 Å². The number of thioether (sulfide) groups is 1. The van der Waals surface area contributed by atoms with Gasteiger partial charge in [0.1, 0.15) is 5.69 Å². The number of aromatic nitrogens is 3. The van der Waals surface area contributed by atoms with Crippen LogP contribution in [0, 0.1) is 0 Å². The molecule has 5 nitrogen and oxygen atoms in total. The molecule has 0 aliphatic heterocycles. The Kier molecular flexibility index (Phi) is 6.65. The predicted octanol–water partition coefficient (Wildman–Crippen LogP) is 4.64. The highest BCUT2D eigenvalue weighted by atomic mass is 32.2. The number of carboxylic acid groups (broad SMARTS) is 1. The highest BCUT2D eigenvalue weighted by molar-refractivity contribution is 7.99. The Hall–Kier alpha value is -2.60. The summed E-state index contributed by atoms with van der Waals surface area (Å²) in [5.74, 6) is 0.755. The number of carbonyl (C=O) groups is 1. The second-order valence-electron chi connectivity index (χ2n) is 6.41. The minimum atomic E-state index is -0.739. The summed E-state index contributed by atoms with van der Waals surface area (Å²) in [5.41, 5.74) is 3.26. The Morgan fingerprint density at radius 2 is 2.00 bits per heavy atom. The van der Waals surface area contributed by atoms with Crippen molar-refractivity contribution in [2.75, 3.05) is 11.5 Å². The van der Waals surface area contributed by atoms with E-state index < -0.39 is 5.97 Å². The van der Waals surface area contributed by atoms with Crippen LogP contribution >= 0.6 is 11.8 Å². The minimum Gasteiger partial charge on any atom is -0.481 e. The number of nitrogens with zero attached hydrogens (tertiary/aromatic N) is 3. The van der Waals surface area contributed by atoms with Gasteiger partial charge in [0.25, 0.3) is 0 Å². The molecule has 0 spiro atoms. The highest BCUT2D eigenvalue weighted by Crippen LogP contribution is 2.26. The Balaban J connectivity index is 1.57. The van der Waals surface area contributed by atoms with E-state index in [2.05, 4.69) is 47.6 Å². The van der Waals surface area contributed by atoms with Gasteiger partial charge in [-0.1, -0.05) is 59.3 Å². The van der Waals surface area contributed by atoms with Crippen molar-refractivity contribution in [3.8, 4) is 11.3 Å². The van der Waals surface area contributed by atoms with Gasteiger partial charge in [-0.2, -0.15) is 11.8 Å². The van der Waals surface area contributed by atoms with Gasteiger partial charge in [0.05, 0.1) is 12.6 Å². The molecule has 0 unspecified atom stereocenters. The third kappa shape index (κ3) is 5.44. The van der Waals surface area contributed by atoms with E-state index in [-0.39, 0.29) is 6.42 Å². The number of hydrogen-bond donors (Lipinski definition) is 1. The van der Waals surface area contributed by atoms with Crippen LogP contribution in [-0.2, 0) is 11.3 Å². The van der Waals surface area contributed by atoms with E-state index in [0.29, 0.717) is 5.75 Å². The first-order valence-corrected chi connectivity index (χ1v) is 10.1. The lowest BCUT2D eigenvalue weighted by molar-refractivity contribution is -0.136. The first kappa shape index (κ1) is 19.2. The van der Waals surface area contributed by atoms with Crippen molar-refractivity contribution in [2.45, 2.75) is 26.3 Å². The summed E-state index contributed by atoms with van der Waals surface area (Å²) >= 11 is 1.64. The summed E-state index contributed by atoms with van der Waals surface area (Å²) < 4.78 is 1.88. The maximum atomic E-state index is 10.5. The van der Waals surface area contributed by atoms with Gasteiger partial charge in [-0.15, -0.1) is 5.10 Å². The molecule has 140 valence electrons. The van der Waals surface area contributed by atoms with Crippen LogP contribution < -0.4 is 0 Å². The number of benzene rings is 2. The molecule has 1 heterocycles. The van der Waals surface area contributed by atoms with Crippen LogP contribution in [0.25, 0.3) is 22.0 Å². The molecule has 0 amide bonds. The van der Waals surface area contributed by atoms with Crippen molar-refractivity contribution in [1.82, 2.24) is 15.0 Å². The number of aryl methyl sites for hydroxylation is 1. The Morgan fingerprint density at radius 1 is 1.19 bits per heavy atom. The topological polar surface area (TPSA) is 68.0 Å². The van der Waals surface area contributed by atoms with E-state index in [1.807, 2.05) is 29.1 Å². The summed E-state index contributed by atoms with van der Waals surface area (Å²) in [7, 11) is 0. The third-order valence-corrected chi connectivity index (χ3v) is 5.24. The number of allylic oxidation sites excluding steroid dienone is 1. The van der Waals surface area contributed by atoms with E-state index in [9.17, 15) is 4.79 Å². The molecule has 0 bridgehead atoms. The molecule has 0 saturated heterocycles. The SMILES string of the molecule is C/C(=C\CSCCC(=O)O)CCn1cc(-c2cccc3ccccc23)nn1. The van der Waals surface area contributed by atoms with Gasteiger partial charge in [0.2, 0.25) is 0 Å². The zero-order valence-electron chi connectivity index (χ0n) is 15.3. The molecule has 1 aromatic heterocycles. The van der Waals surface area contributed by atoms with E-state index in [4.69, 9.17) is 5.11 Å². The van der Waals surface area contributed by atoms with Crippen molar-refractivity contribution in [3.63, 3.8) is 0 Å². The molecule has 6 heteroatoms. The molecule has 27 heavy (non-hydrogen) atoms. The Bertz CT molecular complexity index is 944. The second-order valence-corrected chi connectivity index (χ2v) is 7.56. The average molecular weight is 382 g/mol. The fourth-order valence-electron chi connectivity index (χ4n) is 2.82. The van der Waals surface area contributed by atoms with Gasteiger partial charge in [-0.25, -0.2) is 0 Å². The monoisotopic (exact) mass is 381 g/mol. The van der Waals surface area contributed by atoms with Crippen molar-refractivity contribution in [2.24, 2.45) is 0 Å². The number of fused-ring (bicyclic) bond motifs is 1. The van der Waals surface area contributed by atoms with Crippen LogP contribution in [0.15, 0.2) is 60.3 Å². The van der Waals surface area contributed by atoms with Crippen LogP contribution in [0.1, 0.15) is 19.8 Å². The van der Waals surface area contributed by atoms with E-state index in [1.54, 1.807) is 11.8 Å². The van der Waals surface area contributed by atoms with Crippen LogP contribution in [0.2, 0.25) is 0 Å². The quantitative estimate of drug-likeness (QED) is 0.432. The molecule has 2 aromatic carbocycles. The molecule has 0 radical (unpaired) electrons. The summed E-state index contributed by atoms with van der Waals surface area (Å²) in [6.45, 7) is 2.88. The number of carboxylic acids is 1. The largest absolute Gasteiger partial charge is 0.481 e. The normalized spacial score (nSPS) is 11.8. The number of hydrogen-bond acceptors (Lipinski definition) is 4. The maximum Gasteiger partial charge on any atom is 0.304 e. The summed E-state index contributed by atoms with van der Waals surface area (Å²) in [6, 6.07) is 14.5. The average Bonchev–Trinajstić information content (AvgIpc) is 3.14. The molecule has 3 rings (SSSR count). The molecular weight excluding hydrogens is 358 g/mol. The van der Waals surface area contributed by atoms with Gasteiger partial charge < -0.3 is 5.11 Å². The van der Waals surface area contributed by atoms with E-state index >= 15 is 0 Å². The van der Waals surface area contributed by atoms with E-state index in [0.717, 1.165) is 30.0 Å². The smallest absolute Gasteiger partial charge is 0.304 e. The number of rotatable bonds is 9. The molecule has 3 aromatic rings. The lowest BCUT2D eigenvalue weighted by Crippen LogP contribution is -1.99. The van der Waals surface area contributed by atoms with Gasteiger partial charge >= 0.3 is 5.97 Å². The summed E-state index contributed by atoms with van der Waals surface area (Å²) in [5, 5.41) is 19.6. The molecule has 1 N–H and O–H groups in total. The van der Waals surface area contributed by atoms with Crippen molar-refractivity contribution < 1.29 is 9.90 Å². The van der Waals surface area contributed by atoms with Crippen LogP contribution in [0.3, 0.4) is 0 Å². The molecule has 0 aliphatic rings. The van der Waals surface area contributed by atoms with Crippen LogP contribution in [0.5, 0.6) is 0 Å². The van der Waals surface area contributed by atoms with Gasteiger partial charge in [0, 0.05) is 23.6 Å². The lowest BCUT2D eigenvalue weighted by atomic mass is 10.0. The number of aliphatic carboxylic acids is 1. The maximum absolute atomic E-state index is 10.5.